The first kappa shape index (κ1) is 26.4. The fourth-order valence-corrected chi connectivity index (χ4v) is 5.90. The summed E-state index contributed by atoms with van der Waals surface area (Å²) in [6.07, 6.45) is 0. The third kappa shape index (κ3) is 4.66. The monoisotopic (exact) mass is 601 g/mol. The Morgan fingerprint density at radius 3 is 2.50 bits per heavy atom. The number of rotatable bonds is 7. The van der Waals surface area contributed by atoms with E-state index in [1.165, 1.54) is 35.1 Å². The maximum absolute atomic E-state index is 14.0. The fraction of sp³-hybridized carbons (Fsp3) is 0.458. The molecular weight excluding hydrogens is 572 g/mol. The Labute approximate surface area is 215 Å². The summed E-state index contributed by atoms with van der Waals surface area (Å²) in [4.78, 5) is 40.9. The van der Waals surface area contributed by atoms with Crippen LogP contribution in [-0.2, 0) is 16.9 Å². The number of carbonyl (C=O) groups is 1. The largest absolute Gasteiger partial charge is 0.496 e. The van der Waals surface area contributed by atoms with Gasteiger partial charge in [0.25, 0.3) is 5.56 Å². The van der Waals surface area contributed by atoms with Crippen molar-refractivity contribution in [3.05, 3.63) is 58.9 Å². The molecule has 7 nitrogen and oxygen atoms in total. The zero-order valence-electron chi connectivity index (χ0n) is 20.3. The first-order valence-electron chi connectivity index (χ1n) is 10.9. The number of hydrogen-bond donors (Lipinski definition) is 1. The van der Waals surface area contributed by atoms with Crippen LogP contribution in [0.3, 0.4) is 0 Å². The van der Waals surface area contributed by atoms with Gasteiger partial charge in [0.1, 0.15) is 21.9 Å². The number of nitrogens with one attached hydrogen (secondary N) is 1. The first-order chi connectivity index (χ1) is 15.8. The van der Waals surface area contributed by atoms with E-state index >= 15 is 0 Å². The van der Waals surface area contributed by atoms with Gasteiger partial charge in [-0.25, -0.2) is 13.8 Å². The number of fused-ring (bicyclic) bond motifs is 1. The second-order valence-corrected chi connectivity index (χ2v) is 12.0. The molecule has 1 N–H and O–H groups in total. The summed E-state index contributed by atoms with van der Waals surface area (Å²) in [5, 5.41) is 3.22. The van der Waals surface area contributed by atoms with Crippen molar-refractivity contribution in [2.75, 3.05) is 7.11 Å². The van der Waals surface area contributed by atoms with Crippen LogP contribution in [0.4, 0.5) is 4.39 Å². The molecule has 34 heavy (non-hydrogen) atoms. The van der Waals surface area contributed by atoms with Gasteiger partial charge in [-0.05, 0) is 81.0 Å². The van der Waals surface area contributed by atoms with Crippen LogP contribution < -0.4 is 21.3 Å². The zero-order valence-corrected chi connectivity index (χ0v) is 23.3. The summed E-state index contributed by atoms with van der Waals surface area (Å²) >= 11 is 3.50. The molecule has 2 aromatic heterocycles. The lowest BCUT2D eigenvalue weighted by atomic mass is 9.99. The predicted octanol–water partition coefficient (Wildman–Crippen LogP) is 4.35. The van der Waals surface area contributed by atoms with Crippen molar-refractivity contribution in [3.8, 4) is 5.75 Å². The summed E-state index contributed by atoms with van der Waals surface area (Å²) in [5.74, 6) is -0.626. The van der Waals surface area contributed by atoms with Gasteiger partial charge in [-0.1, -0.05) is 6.92 Å². The van der Waals surface area contributed by atoms with Crippen molar-refractivity contribution in [2.24, 2.45) is 0 Å². The van der Waals surface area contributed by atoms with Crippen LogP contribution in [0, 0.1) is 15.6 Å². The molecule has 1 aromatic carbocycles. The molecule has 0 radical (unpaired) electrons. The SMILES string of the molecule is COc1ccc(F)cc1[C@@H](C)Cn1c(=O)n(C(C)(C)C(=O)NC(C)C)c(=O)c2c(C)c(I)sc21. The number of halogens is 2. The normalized spacial score (nSPS) is 12.9. The molecule has 0 unspecified atom stereocenters. The summed E-state index contributed by atoms with van der Waals surface area (Å²) in [6, 6.07) is 4.11. The van der Waals surface area contributed by atoms with Gasteiger partial charge in [-0.2, -0.15) is 0 Å². The number of amides is 1. The quantitative estimate of drug-likeness (QED) is 0.409. The number of thiophene rings is 1. The number of hydrogen-bond acceptors (Lipinski definition) is 5. The second-order valence-electron chi connectivity index (χ2n) is 9.19. The van der Waals surface area contributed by atoms with E-state index in [1.807, 2.05) is 27.7 Å². The molecular formula is C24H29FIN3O4S. The van der Waals surface area contributed by atoms with E-state index in [0.717, 1.165) is 13.0 Å². The minimum Gasteiger partial charge on any atom is -0.496 e. The van der Waals surface area contributed by atoms with Crippen LogP contribution in [0.1, 0.15) is 51.7 Å². The minimum atomic E-state index is -1.42. The number of nitrogens with zero attached hydrogens (tertiary/aromatic N) is 2. The summed E-state index contributed by atoms with van der Waals surface area (Å²) in [5.41, 5.74) is -1.12. The number of aryl methyl sites for hydroxylation is 1. The second kappa shape index (κ2) is 9.80. The van der Waals surface area contributed by atoms with Crippen LogP contribution in [0.15, 0.2) is 27.8 Å². The average Bonchev–Trinajstić information content (AvgIpc) is 3.04. The number of aromatic nitrogens is 2. The molecule has 0 fully saturated rings. The highest BCUT2D eigenvalue weighted by molar-refractivity contribution is 14.1. The molecule has 0 saturated heterocycles. The summed E-state index contributed by atoms with van der Waals surface area (Å²) < 4.78 is 22.9. The third-order valence-corrected chi connectivity index (χ3v) is 8.44. The Morgan fingerprint density at radius 1 is 1.26 bits per heavy atom. The number of benzene rings is 1. The van der Waals surface area contributed by atoms with Crippen molar-refractivity contribution >= 4 is 50.1 Å². The van der Waals surface area contributed by atoms with Crippen LogP contribution >= 0.6 is 33.9 Å². The van der Waals surface area contributed by atoms with E-state index in [2.05, 4.69) is 27.9 Å². The molecule has 1 atom stereocenters. The third-order valence-electron chi connectivity index (χ3n) is 5.87. The highest BCUT2D eigenvalue weighted by atomic mass is 127. The molecule has 3 rings (SSSR count). The lowest BCUT2D eigenvalue weighted by molar-refractivity contribution is -0.129. The summed E-state index contributed by atoms with van der Waals surface area (Å²) in [7, 11) is 1.51. The number of carbonyl (C=O) groups excluding carboxylic acids is 1. The maximum atomic E-state index is 14.0. The number of ether oxygens (including phenoxy) is 1. The van der Waals surface area contributed by atoms with Crippen molar-refractivity contribution in [2.45, 2.75) is 65.6 Å². The Bertz CT molecular complexity index is 1370. The molecule has 3 aromatic rings. The highest BCUT2D eigenvalue weighted by Crippen LogP contribution is 2.32. The van der Waals surface area contributed by atoms with Gasteiger partial charge in [-0.15, -0.1) is 11.3 Å². The Balaban J connectivity index is 2.28. The van der Waals surface area contributed by atoms with Crippen LogP contribution in [0.25, 0.3) is 10.2 Å². The van der Waals surface area contributed by atoms with Crippen molar-refractivity contribution in [3.63, 3.8) is 0 Å². The van der Waals surface area contributed by atoms with Gasteiger partial charge in [0.05, 0.1) is 15.4 Å². The highest BCUT2D eigenvalue weighted by Gasteiger charge is 2.35. The van der Waals surface area contributed by atoms with Gasteiger partial charge in [0.15, 0.2) is 0 Å². The fourth-order valence-electron chi connectivity index (χ4n) is 3.98. The lowest BCUT2D eigenvalue weighted by Crippen LogP contribution is -2.56. The molecule has 0 saturated carbocycles. The van der Waals surface area contributed by atoms with Gasteiger partial charge < -0.3 is 10.1 Å². The molecule has 2 heterocycles. The predicted molar refractivity (Wildman–Crippen MR) is 142 cm³/mol. The number of methoxy groups -OCH3 is 1. The van der Waals surface area contributed by atoms with Gasteiger partial charge in [0.2, 0.25) is 5.91 Å². The molecule has 184 valence electrons. The molecule has 0 spiro atoms. The van der Waals surface area contributed by atoms with E-state index < -0.39 is 28.5 Å². The Kier molecular flexibility index (Phi) is 7.61. The molecule has 0 aliphatic heterocycles. The average molecular weight is 601 g/mol. The Morgan fingerprint density at radius 2 is 1.91 bits per heavy atom. The van der Waals surface area contributed by atoms with Crippen LogP contribution in [0.5, 0.6) is 5.75 Å². The lowest BCUT2D eigenvalue weighted by Gasteiger charge is -2.28. The zero-order chi connectivity index (χ0) is 25.5. The standard InChI is InChI=1S/C24H29FIN3O4S/c1-12(2)27-22(31)24(5,6)29-20(30)18-14(4)19(26)34-21(18)28(23(29)32)11-13(3)16-10-15(25)8-9-17(16)33-7/h8-10,12-13H,11H2,1-7H3,(H,27,31)/t13-/m0/s1. The topological polar surface area (TPSA) is 82.3 Å². The molecule has 10 heteroatoms. The Hall–Kier alpha value is -2.21. The van der Waals surface area contributed by atoms with E-state index in [-0.39, 0.29) is 18.5 Å². The van der Waals surface area contributed by atoms with E-state index in [4.69, 9.17) is 4.74 Å². The van der Waals surface area contributed by atoms with Crippen molar-refractivity contribution in [1.82, 2.24) is 14.5 Å². The van der Waals surface area contributed by atoms with Crippen molar-refractivity contribution in [1.29, 1.82) is 0 Å². The summed E-state index contributed by atoms with van der Waals surface area (Å²) in [6.45, 7) is 10.6. The molecule has 0 aliphatic carbocycles. The van der Waals surface area contributed by atoms with Gasteiger partial charge in [0, 0.05) is 24.1 Å². The maximum Gasteiger partial charge on any atom is 0.333 e. The van der Waals surface area contributed by atoms with E-state index in [0.29, 0.717) is 21.5 Å². The minimum absolute atomic E-state index is 0.155. The van der Waals surface area contributed by atoms with E-state index in [1.54, 1.807) is 19.9 Å². The van der Waals surface area contributed by atoms with Gasteiger partial charge in [-0.3, -0.25) is 14.2 Å². The molecule has 1 amide bonds. The smallest absolute Gasteiger partial charge is 0.333 e. The van der Waals surface area contributed by atoms with Crippen molar-refractivity contribution < 1.29 is 13.9 Å². The first-order valence-corrected chi connectivity index (χ1v) is 12.8. The molecule has 0 bridgehead atoms. The van der Waals surface area contributed by atoms with Crippen LogP contribution in [0.2, 0.25) is 0 Å². The molecule has 0 aliphatic rings. The van der Waals surface area contributed by atoms with E-state index in [9.17, 15) is 18.8 Å². The van der Waals surface area contributed by atoms with Gasteiger partial charge >= 0.3 is 5.69 Å². The van der Waals surface area contributed by atoms with Crippen LogP contribution in [-0.4, -0.2) is 28.2 Å².